The zero-order valence-electron chi connectivity index (χ0n) is 19.8. The smallest absolute Gasteiger partial charge is 0.257 e. The predicted molar refractivity (Wildman–Crippen MR) is 129 cm³/mol. The molecule has 1 aliphatic rings. The first-order chi connectivity index (χ1) is 15.5. The monoisotopic (exact) mass is 477 g/mol. The van der Waals surface area contributed by atoms with Crippen molar-refractivity contribution in [2.24, 2.45) is 0 Å². The summed E-state index contributed by atoms with van der Waals surface area (Å²) in [5.74, 6) is -2.82. The molecule has 180 valence electrons. The first-order valence-electron chi connectivity index (χ1n) is 11.4. The number of carbonyl (C=O) groups is 1. The Hall–Kier alpha value is -2.32. The molecule has 0 aromatic carbocycles. The number of H-pyrrole nitrogens is 1. The van der Waals surface area contributed by atoms with Crippen LogP contribution in [0.2, 0.25) is 0 Å². The third kappa shape index (κ3) is 7.08. The van der Waals surface area contributed by atoms with Gasteiger partial charge in [0.25, 0.3) is 17.4 Å². The Bertz CT molecular complexity index is 1070. The highest BCUT2D eigenvalue weighted by atomic mass is 32.1. The van der Waals surface area contributed by atoms with Gasteiger partial charge < -0.3 is 10.3 Å². The van der Waals surface area contributed by atoms with Gasteiger partial charge in [0.05, 0.1) is 12.1 Å². The summed E-state index contributed by atoms with van der Waals surface area (Å²) >= 11 is 1.58. The van der Waals surface area contributed by atoms with Crippen LogP contribution in [0.3, 0.4) is 0 Å². The van der Waals surface area contributed by atoms with Crippen molar-refractivity contribution in [3.05, 3.63) is 66.3 Å². The number of aryl methyl sites for hydroxylation is 3. The molecule has 8 heteroatoms. The van der Waals surface area contributed by atoms with E-state index in [1.807, 2.05) is 37.1 Å². The summed E-state index contributed by atoms with van der Waals surface area (Å²) in [6.07, 6.45) is 5.63. The van der Waals surface area contributed by atoms with Gasteiger partial charge in [-0.05, 0) is 63.6 Å². The quantitative estimate of drug-likeness (QED) is 0.532. The zero-order chi connectivity index (χ0) is 24.2. The van der Waals surface area contributed by atoms with Gasteiger partial charge in [-0.2, -0.15) is 0 Å². The molecule has 0 unspecified atom stereocenters. The van der Waals surface area contributed by atoms with E-state index in [0.29, 0.717) is 24.2 Å². The van der Waals surface area contributed by atoms with E-state index in [9.17, 15) is 18.4 Å². The summed E-state index contributed by atoms with van der Waals surface area (Å²) in [5, 5.41) is 4.75. The van der Waals surface area contributed by atoms with E-state index in [2.05, 4.69) is 16.4 Å². The summed E-state index contributed by atoms with van der Waals surface area (Å²) in [6, 6.07) is 1.90. The Morgan fingerprint density at radius 1 is 1.27 bits per heavy atom. The third-order valence-electron chi connectivity index (χ3n) is 6.11. The van der Waals surface area contributed by atoms with Gasteiger partial charge in [-0.1, -0.05) is 11.6 Å². The second kappa shape index (κ2) is 10.7. The molecule has 2 N–H and O–H groups in total. The predicted octanol–water partition coefficient (Wildman–Crippen LogP) is 4.90. The Kier molecular flexibility index (Phi) is 8.23. The molecule has 2 aromatic rings. The Labute approximate surface area is 197 Å². The molecule has 0 radical (unpaired) electrons. The van der Waals surface area contributed by atoms with Gasteiger partial charge in [0.2, 0.25) is 0 Å². The lowest BCUT2D eigenvalue weighted by Gasteiger charge is -2.30. The number of carbonyl (C=O) groups excluding carboxylic acids is 1. The number of halogens is 2. The van der Waals surface area contributed by atoms with Crippen LogP contribution in [-0.2, 0) is 13.0 Å². The lowest BCUT2D eigenvalue weighted by Crippen LogP contribution is -2.38. The molecule has 1 fully saturated rings. The number of nitrogens with one attached hydrogen (secondary N) is 2. The molecule has 1 amide bonds. The van der Waals surface area contributed by atoms with Gasteiger partial charge >= 0.3 is 0 Å². The summed E-state index contributed by atoms with van der Waals surface area (Å²) in [4.78, 5) is 30.6. The van der Waals surface area contributed by atoms with Crippen LogP contribution in [0.5, 0.6) is 0 Å². The number of alkyl halides is 2. The van der Waals surface area contributed by atoms with Crippen molar-refractivity contribution in [1.29, 1.82) is 0 Å². The first-order valence-corrected chi connectivity index (χ1v) is 12.2. The summed E-state index contributed by atoms with van der Waals surface area (Å²) in [5.41, 5.74) is 5.02. The number of rotatable bonds is 8. The normalized spacial score (nSPS) is 15.0. The molecule has 0 atom stereocenters. The SMILES string of the molecule is Cc1cc(C)c(CNC(=O)c2csc(CCC=C3CCN(CC(C)(F)F)CC3)c2C)c(=O)[nH]1. The molecular formula is C25H33F2N3O2S. The molecule has 1 saturated heterocycles. The maximum absolute atomic E-state index is 13.2. The van der Waals surface area contributed by atoms with E-state index in [1.54, 1.807) is 11.3 Å². The second-order valence-corrected chi connectivity index (χ2v) is 10.0. The van der Waals surface area contributed by atoms with Crippen LogP contribution in [0.15, 0.2) is 27.9 Å². The topological polar surface area (TPSA) is 65.2 Å². The molecule has 33 heavy (non-hydrogen) atoms. The highest BCUT2D eigenvalue weighted by Gasteiger charge is 2.26. The number of piperidine rings is 1. The van der Waals surface area contributed by atoms with Crippen LogP contribution in [0, 0.1) is 20.8 Å². The van der Waals surface area contributed by atoms with Crippen molar-refractivity contribution < 1.29 is 13.6 Å². The van der Waals surface area contributed by atoms with Crippen molar-refractivity contribution in [2.45, 2.75) is 65.8 Å². The largest absolute Gasteiger partial charge is 0.348 e. The summed E-state index contributed by atoms with van der Waals surface area (Å²) < 4.78 is 26.4. The van der Waals surface area contributed by atoms with Crippen molar-refractivity contribution in [3.63, 3.8) is 0 Å². The molecule has 3 heterocycles. The minimum Gasteiger partial charge on any atom is -0.348 e. The molecule has 5 nitrogen and oxygen atoms in total. The molecule has 2 aromatic heterocycles. The maximum atomic E-state index is 13.2. The van der Waals surface area contributed by atoms with E-state index >= 15 is 0 Å². The van der Waals surface area contributed by atoms with Crippen LogP contribution in [0.25, 0.3) is 0 Å². The van der Waals surface area contributed by atoms with Crippen molar-refractivity contribution in [1.82, 2.24) is 15.2 Å². The van der Waals surface area contributed by atoms with Crippen LogP contribution < -0.4 is 10.9 Å². The minimum atomic E-state index is -2.64. The molecule has 3 rings (SSSR count). The fourth-order valence-corrected chi connectivity index (χ4v) is 5.36. The average Bonchev–Trinajstić information content (AvgIpc) is 3.08. The zero-order valence-corrected chi connectivity index (χ0v) is 20.6. The molecule has 0 bridgehead atoms. The van der Waals surface area contributed by atoms with Gasteiger partial charge in [0, 0.05) is 48.1 Å². The number of pyridine rings is 1. The number of aromatic amines is 1. The Morgan fingerprint density at radius 2 is 1.97 bits per heavy atom. The van der Waals surface area contributed by atoms with E-state index in [4.69, 9.17) is 0 Å². The maximum Gasteiger partial charge on any atom is 0.257 e. The lowest BCUT2D eigenvalue weighted by molar-refractivity contribution is -0.0162. The minimum absolute atomic E-state index is 0.169. The van der Waals surface area contributed by atoms with Gasteiger partial charge in [0.1, 0.15) is 0 Å². The summed E-state index contributed by atoms with van der Waals surface area (Å²) in [7, 11) is 0. The number of thiophene rings is 1. The average molecular weight is 478 g/mol. The molecule has 0 aliphatic carbocycles. The highest BCUT2D eigenvalue weighted by molar-refractivity contribution is 7.10. The van der Waals surface area contributed by atoms with Crippen molar-refractivity contribution >= 4 is 17.2 Å². The van der Waals surface area contributed by atoms with Crippen LogP contribution in [0.4, 0.5) is 8.78 Å². The van der Waals surface area contributed by atoms with Crippen LogP contribution >= 0.6 is 11.3 Å². The molecule has 1 aliphatic heterocycles. The fourth-order valence-electron chi connectivity index (χ4n) is 4.29. The second-order valence-electron chi connectivity index (χ2n) is 9.07. The van der Waals surface area contributed by atoms with Crippen LogP contribution in [-0.4, -0.2) is 41.3 Å². The number of allylic oxidation sites excluding steroid dienone is 1. The van der Waals surface area contributed by atoms with Gasteiger partial charge in [-0.15, -0.1) is 11.3 Å². The van der Waals surface area contributed by atoms with E-state index < -0.39 is 5.92 Å². The molecule has 0 saturated carbocycles. The first kappa shape index (κ1) is 25.3. The molecular weight excluding hydrogens is 444 g/mol. The highest BCUT2D eigenvalue weighted by Crippen LogP contribution is 2.25. The number of hydrogen-bond donors (Lipinski definition) is 2. The van der Waals surface area contributed by atoms with Crippen LogP contribution in [0.1, 0.15) is 63.8 Å². The molecule has 0 spiro atoms. The van der Waals surface area contributed by atoms with E-state index in [1.165, 1.54) is 10.5 Å². The van der Waals surface area contributed by atoms with Crippen molar-refractivity contribution in [2.75, 3.05) is 19.6 Å². The number of amides is 1. The summed E-state index contributed by atoms with van der Waals surface area (Å²) in [6.45, 7) is 8.02. The number of likely N-dealkylation sites (tertiary alicyclic amines) is 1. The standard InChI is InChI=1S/C25H33F2N3O2S/c1-16-12-17(2)29-24(32)20(16)13-28-23(31)21-14-33-22(18(21)3)7-5-6-19-8-10-30(11-9-19)15-25(4,26)27/h6,12,14H,5,7-11,13,15H2,1-4H3,(H,28,31)(H,29,32). The van der Waals surface area contributed by atoms with Crippen molar-refractivity contribution in [3.8, 4) is 0 Å². The fraction of sp³-hybridized carbons (Fsp3) is 0.520. The number of aromatic nitrogens is 1. The number of hydrogen-bond acceptors (Lipinski definition) is 4. The lowest BCUT2D eigenvalue weighted by atomic mass is 10.0. The third-order valence-corrected chi connectivity index (χ3v) is 7.26. The van der Waals surface area contributed by atoms with Gasteiger partial charge in [-0.25, -0.2) is 8.78 Å². The van der Waals surface area contributed by atoms with E-state index in [0.717, 1.165) is 49.4 Å². The number of nitrogens with zero attached hydrogens (tertiary/aromatic N) is 1. The van der Waals surface area contributed by atoms with E-state index in [-0.39, 0.29) is 24.6 Å². The van der Waals surface area contributed by atoms with Gasteiger partial charge in [-0.3, -0.25) is 14.5 Å². The van der Waals surface area contributed by atoms with Gasteiger partial charge in [0.15, 0.2) is 0 Å². The Balaban J connectivity index is 1.51. The Morgan fingerprint density at radius 3 is 2.61 bits per heavy atom.